The quantitative estimate of drug-likeness (QED) is 0.614. The number of aromatic nitrogens is 4. The van der Waals surface area contributed by atoms with Crippen LogP contribution in [0.4, 0.5) is 0 Å². The summed E-state index contributed by atoms with van der Waals surface area (Å²) in [6.07, 6.45) is 3.52. The van der Waals surface area contributed by atoms with E-state index >= 15 is 0 Å². The summed E-state index contributed by atoms with van der Waals surface area (Å²) >= 11 is 1.39. The zero-order chi connectivity index (χ0) is 18.8. The zero-order valence-corrected chi connectivity index (χ0v) is 15.5. The molecule has 0 bridgehead atoms. The molecule has 0 saturated carbocycles. The fourth-order valence-corrected chi connectivity index (χ4v) is 4.19. The highest BCUT2D eigenvalue weighted by Gasteiger charge is 2.30. The number of hydrogen-bond acceptors (Lipinski definition) is 5. The van der Waals surface area contributed by atoms with Crippen molar-refractivity contribution in [3.63, 3.8) is 0 Å². The number of amides is 1. The molecule has 3 aromatic rings. The predicted molar refractivity (Wildman–Crippen MR) is 103 cm³/mol. The van der Waals surface area contributed by atoms with Gasteiger partial charge in [-0.25, -0.2) is 4.79 Å². The van der Waals surface area contributed by atoms with E-state index in [1.54, 1.807) is 17.0 Å². The number of carbonyl (C=O) groups excluding carboxylic acids is 1. The highest BCUT2D eigenvalue weighted by molar-refractivity contribution is 7.12. The van der Waals surface area contributed by atoms with Crippen LogP contribution < -0.4 is 5.69 Å². The minimum Gasteiger partial charge on any atom is -0.330 e. The molecule has 27 heavy (non-hydrogen) atoms. The Labute approximate surface area is 160 Å². The van der Waals surface area contributed by atoms with Gasteiger partial charge in [0.2, 0.25) is 5.91 Å². The molecule has 0 N–H and O–H groups in total. The number of carbonyl (C=O) groups is 1. The first kappa shape index (κ1) is 17.4. The standard InChI is InChI=1S/C19H19N5O2S/c1-2-11-22(16-10-9-14-6-3-4-7-15(14)16)17(25)13-23-19(26)24(21-20-23)18-8-5-12-27-18/h2-8,12,16H,1,9-11,13H2. The van der Waals surface area contributed by atoms with E-state index in [4.69, 9.17) is 0 Å². The third kappa shape index (κ3) is 3.23. The van der Waals surface area contributed by atoms with Gasteiger partial charge in [0.25, 0.3) is 0 Å². The van der Waals surface area contributed by atoms with E-state index in [0.29, 0.717) is 11.5 Å². The lowest BCUT2D eigenvalue weighted by molar-refractivity contribution is -0.134. The lowest BCUT2D eigenvalue weighted by atomic mass is 10.1. The summed E-state index contributed by atoms with van der Waals surface area (Å²) in [6.45, 7) is 4.06. The van der Waals surface area contributed by atoms with E-state index in [1.165, 1.54) is 27.1 Å². The number of rotatable bonds is 6. The molecule has 0 spiro atoms. The lowest BCUT2D eigenvalue weighted by Crippen LogP contribution is -2.39. The SMILES string of the molecule is C=CCN(C(=O)Cn1nnn(-c2cccs2)c1=O)C1CCc2ccccc21. The van der Waals surface area contributed by atoms with E-state index in [0.717, 1.165) is 17.5 Å². The highest BCUT2D eigenvalue weighted by atomic mass is 32.1. The van der Waals surface area contributed by atoms with Crippen molar-refractivity contribution in [3.8, 4) is 5.00 Å². The molecule has 138 valence electrons. The second-order valence-electron chi connectivity index (χ2n) is 6.37. The molecule has 0 radical (unpaired) electrons. The topological polar surface area (TPSA) is 73.0 Å². The summed E-state index contributed by atoms with van der Waals surface area (Å²) in [5.74, 6) is -0.170. The van der Waals surface area contributed by atoms with E-state index < -0.39 is 5.69 Å². The maximum absolute atomic E-state index is 13.0. The molecule has 1 aliphatic carbocycles. The van der Waals surface area contributed by atoms with Gasteiger partial charge in [0.05, 0.1) is 6.04 Å². The van der Waals surface area contributed by atoms with Crippen molar-refractivity contribution in [2.45, 2.75) is 25.4 Å². The van der Waals surface area contributed by atoms with Crippen molar-refractivity contribution in [1.29, 1.82) is 0 Å². The molecule has 1 atom stereocenters. The van der Waals surface area contributed by atoms with Crippen LogP contribution in [0.2, 0.25) is 0 Å². The molecule has 2 heterocycles. The van der Waals surface area contributed by atoms with Crippen molar-refractivity contribution in [2.75, 3.05) is 6.54 Å². The van der Waals surface area contributed by atoms with Crippen LogP contribution in [0.5, 0.6) is 0 Å². The fourth-order valence-electron chi connectivity index (χ4n) is 3.52. The maximum Gasteiger partial charge on any atom is 0.369 e. The number of aryl methyl sites for hydroxylation is 1. The molecular formula is C19H19N5O2S. The predicted octanol–water partition coefficient (Wildman–Crippen LogP) is 2.19. The number of hydrogen-bond donors (Lipinski definition) is 0. The summed E-state index contributed by atoms with van der Waals surface area (Å²) in [5, 5.41) is 10.3. The first-order valence-corrected chi connectivity index (χ1v) is 9.62. The number of thiophene rings is 1. The minimum absolute atomic E-state index is 0.00487. The summed E-state index contributed by atoms with van der Waals surface area (Å²) in [7, 11) is 0. The Morgan fingerprint density at radius 2 is 2.15 bits per heavy atom. The molecule has 8 heteroatoms. The van der Waals surface area contributed by atoms with Crippen LogP contribution in [-0.4, -0.2) is 37.1 Å². The van der Waals surface area contributed by atoms with Gasteiger partial charge >= 0.3 is 5.69 Å². The van der Waals surface area contributed by atoms with Crippen molar-refractivity contribution in [1.82, 2.24) is 24.7 Å². The van der Waals surface area contributed by atoms with E-state index in [1.807, 2.05) is 23.6 Å². The van der Waals surface area contributed by atoms with Gasteiger partial charge < -0.3 is 4.90 Å². The Morgan fingerprint density at radius 1 is 1.30 bits per heavy atom. The van der Waals surface area contributed by atoms with Crippen LogP contribution in [0.25, 0.3) is 5.00 Å². The second-order valence-corrected chi connectivity index (χ2v) is 7.30. The molecule has 2 aromatic heterocycles. The molecule has 0 fully saturated rings. The Kier molecular flexibility index (Phi) is 4.72. The third-order valence-electron chi connectivity index (χ3n) is 4.76. The molecule has 1 unspecified atom stereocenters. The van der Waals surface area contributed by atoms with Crippen LogP contribution in [0.3, 0.4) is 0 Å². The Bertz CT molecular complexity index is 1020. The molecule has 1 amide bonds. The summed E-state index contributed by atoms with van der Waals surface area (Å²) in [4.78, 5) is 27.3. The lowest BCUT2D eigenvalue weighted by Gasteiger charge is -2.28. The van der Waals surface area contributed by atoms with Gasteiger partial charge in [0.1, 0.15) is 11.5 Å². The maximum atomic E-state index is 13.0. The fraction of sp³-hybridized carbons (Fsp3) is 0.263. The largest absolute Gasteiger partial charge is 0.369 e. The molecule has 4 rings (SSSR count). The highest BCUT2D eigenvalue weighted by Crippen LogP contribution is 2.35. The normalized spacial score (nSPS) is 15.5. The average Bonchev–Trinajstić information content (AvgIpc) is 3.41. The Hall–Kier alpha value is -3.00. The van der Waals surface area contributed by atoms with Gasteiger partial charge in [-0.3, -0.25) is 4.79 Å². The van der Waals surface area contributed by atoms with Crippen LogP contribution in [0.15, 0.2) is 59.2 Å². The van der Waals surface area contributed by atoms with Crippen LogP contribution in [0.1, 0.15) is 23.6 Å². The van der Waals surface area contributed by atoms with Gasteiger partial charge in [-0.1, -0.05) is 30.3 Å². The molecule has 7 nitrogen and oxygen atoms in total. The van der Waals surface area contributed by atoms with Crippen LogP contribution in [-0.2, 0) is 17.8 Å². The number of nitrogens with zero attached hydrogens (tertiary/aromatic N) is 5. The minimum atomic E-state index is -0.420. The van der Waals surface area contributed by atoms with Crippen molar-refractivity contribution in [3.05, 3.63) is 76.0 Å². The van der Waals surface area contributed by atoms with Gasteiger partial charge in [0.15, 0.2) is 0 Å². The van der Waals surface area contributed by atoms with Crippen molar-refractivity contribution >= 4 is 17.2 Å². The monoisotopic (exact) mass is 381 g/mol. The first-order valence-electron chi connectivity index (χ1n) is 8.74. The molecule has 0 saturated heterocycles. The van der Waals surface area contributed by atoms with Crippen molar-refractivity contribution < 1.29 is 4.79 Å². The third-order valence-corrected chi connectivity index (χ3v) is 5.61. The Morgan fingerprint density at radius 3 is 2.93 bits per heavy atom. The average molecular weight is 381 g/mol. The zero-order valence-electron chi connectivity index (χ0n) is 14.7. The van der Waals surface area contributed by atoms with Crippen molar-refractivity contribution in [2.24, 2.45) is 0 Å². The molecule has 1 aromatic carbocycles. The summed E-state index contributed by atoms with van der Waals surface area (Å²) in [6, 6.07) is 11.8. The van der Waals surface area contributed by atoms with E-state index in [-0.39, 0.29) is 18.5 Å². The van der Waals surface area contributed by atoms with Crippen LogP contribution >= 0.6 is 11.3 Å². The van der Waals surface area contributed by atoms with E-state index in [2.05, 4.69) is 29.1 Å². The number of fused-ring (bicyclic) bond motifs is 1. The molecular weight excluding hydrogens is 362 g/mol. The van der Waals surface area contributed by atoms with Gasteiger partial charge in [-0.2, -0.15) is 9.36 Å². The smallest absolute Gasteiger partial charge is 0.330 e. The first-order chi connectivity index (χ1) is 13.2. The molecule has 0 aliphatic heterocycles. The van der Waals surface area contributed by atoms with Gasteiger partial charge in [0, 0.05) is 6.54 Å². The Balaban J connectivity index is 1.58. The van der Waals surface area contributed by atoms with Crippen LogP contribution in [0, 0.1) is 0 Å². The van der Waals surface area contributed by atoms with E-state index in [9.17, 15) is 9.59 Å². The number of benzene rings is 1. The summed E-state index contributed by atoms with van der Waals surface area (Å²) < 4.78 is 2.32. The van der Waals surface area contributed by atoms with Gasteiger partial charge in [-0.15, -0.1) is 17.9 Å². The molecule has 1 aliphatic rings. The second kappa shape index (κ2) is 7.32. The number of tetrazole rings is 1. The van der Waals surface area contributed by atoms with Gasteiger partial charge in [-0.05, 0) is 51.9 Å². The summed E-state index contributed by atoms with van der Waals surface area (Å²) in [5.41, 5.74) is 2.02.